The lowest BCUT2D eigenvalue weighted by Crippen LogP contribution is -2.29. The van der Waals surface area contributed by atoms with E-state index in [9.17, 15) is 9.59 Å². The van der Waals surface area contributed by atoms with Crippen LogP contribution in [0.2, 0.25) is 0 Å². The lowest BCUT2D eigenvalue weighted by atomic mass is 10.1. The Hall–Kier alpha value is -4.00. The van der Waals surface area contributed by atoms with Gasteiger partial charge < -0.3 is 10.1 Å². The maximum Gasteiger partial charge on any atom is 0.274 e. The van der Waals surface area contributed by atoms with Gasteiger partial charge in [0.15, 0.2) is 5.69 Å². The topological polar surface area (TPSA) is 86.1 Å². The zero-order chi connectivity index (χ0) is 22.0. The number of fused-ring (bicyclic) bond motifs is 1. The van der Waals surface area contributed by atoms with Crippen LogP contribution in [0.5, 0.6) is 11.6 Å². The first-order valence-corrected chi connectivity index (χ1v) is 9.86. The molecule has 0 atom stereocenters. The number of benzene rings is 2. The smallest absolute Gasteiger partial charge is 0.274 e. The van der Waals surface area contributed by atoms with Crippen LogP contribution in [-0.4, -0.2) is 20.7 Å². The molecule has 7 nitrogen and oxygen atoms in total. The molecule has 0 radical (unpaired) electrons. The minimum Gasteiger partial charge on any atom is -0.439 e. The monoisotopic (exact) mass is 414 g/mol. The van der Waals surface area contributed by atoms with Crippen molar-refractivity contribution in [3.05, 3.63) is 93.5 Å². The van der Waals surface area contributed by atoms with Crippen LogP contribution in [0.3, 0.4) is 0 Å². The number of carbonyl (C=O) groups is 1. The molecule has 0 fully saturated rings. The molecule has 4 rings (SSSR count). The van der Waals surface area contributed by atoms with Gasteiger partial charge in [-0.05, 0) is 54.8 Å². The fourth-order valence-corrected chi connectivity index (χ4v) is 3.46. The van der Waals surface area contributed by atoms with Crippen molar-refractivity contribution in [1.29, 1.82) is 0 Å². The molecule has 0 unspecified atom stereocenters. The van der Waals surface area contributed by atoms with Crippen molar-refractivity contribution in [3.63, 3.8) is 0 Å². The number of rotatable bonds is 5. The molecule has 4 aromatic rings. The van der Waals surface area contributed by atoms with Crippen molar-refractivity contribution in [2.24, 2.45) is 7.05 Å². The molecule has 0 aliphatic heterocycles. The van der Waals surface area contributed by atoms with Gasteiger partial charge in [0.25, 0.3) is 11.5 Å². The Morgan fingerprint density at radius 3 is 2.48 bits per heavy atom. The first-order valence-electron chi connectivity index (χ1n) is 9.86. The predicted molar refractivity (Wildman–Crippen MR) is 118 cm³/mol. The Balaban J connectivity index is 1.52. The highest BCUT2D eigenvalue weighted by atomic mass is 16.5. The number of aryl methyl sites for hydroxylation is 3. The van der Waals surface area contributed by atoms with Crippen LogP contribution in [0.15, 0.2) is 65.6 Å². The third-order valence-corrected chi connectivity index (χ3v) is 4.84. The molecule has 0 aliphatic carbocycles. The summed E-state index contributed by atoms with van der Waals surface area (Å²) in [6, 6.07) is 16.5. The zero-order valence-electron chi connectivity index (χ0n) is 17.5. The van der Waals surface area contributed by atoms with E-state index >= 15 is 0 Å². The summed E-state index contributed by atoms with van der Waals surface area (Å²) in [5.74, 6) is 0.801. The molecule has 2 aromatic carbocycles. The van der Waals surface area contributed by atoms with E-state index in [-0.39, 0.29) is 23.7 Å². The first-order chi connectivity index (χ1) is 14.9. The van der Waals surface area contributed by atoms with Crippen molar-refractivity contribution >= 4 is 16.7 Å². The maximum atomic E-state index is 12.8. The van der Waals surface area contributed by atoms with Crippen LogP contribution in [-0.2, 0) is 13.6 Å². The van der Waals surface area contributed by atoms with Crippen molar-refractivity contribution in [2.75, 3.05) is 0 Å². The summed E-state index contributed by atoms with van der Waals surface area (Å²) in [4.78, 5) is 29.3. The third-order valence-electron chi connectivity index (χ3n) is 4.84. The molecule has 1 N–H and O–H groups in total. The van der Waals surface area contributed by atoms with Gasteiger partial charge in [-0.1, -0.05) is 24.3 Å². The summed E-state index contributed by atoms with van der Waals surface area (Å²) in [5.41, 5.74) is 3.01. The average molecular weight is 414 g/mol. The van der Waals surface area contributed by atoms with E-state index in [4.69, 9.17) is 4.74 Å². The molecule has 0 saturated carbocycles. The Bertz CT molecular complexity index is 1320. The van der Waals surface area contributed by atoms with E-state index in [1.165, 1.54) is 11.7 Å². The van der Waals surface area contributed by atoms with Crippen LogP contribution in [0, 0.1) is 13.8 Å². The second kappa shape index (κ2) is 8.39. The molecular weight excluding hydrogens is 392 g/mol. The first kappa shape index (κ1) is 20.3. The molecule has 0 aliphatic rings. The standard InChI is InChI=1S/C24H22N4O3/c1-15-10-16(2)12-18(11-15)31-21-13-17(8-9-25-21)14-26-23(29)22-19-6-4-5-7-20(19)24(30)28(3)27-22/h4-13H,14H2,1-3H3,(H,26,29). The number of hydrogen-bond donors (Lipinski definition) is 1. The Kier molecular flexibility index (Phi) is 5.49. The van der Waals surface area contributed by atoms with Gasteiger partial charge in [0.05, 0.1) is 5.39 Å². The number of aromatic nitrogens is 3. The summed E-state index contributed by atoms with van der Waals surface area (Å²) in [6.45, 7) is 4.29. The minimum absolute atomic E-state index is 0.207. The Morgan fingerprint density at radius 1 is 1.03 bits per heavy atom. The van der Waals surface area contributed by atoms with Gasteiger partial charge in [-0.15, -0.1) is 0 Å². The average Bonchev–Trinajstić information content (AvgIpc) is 2.74. The van der Waals surface area contributed by atoms with Crippen molar-refractivity contribution in [1.82, 2.24) is 20.1 Å². The lowest BCUT2D eigenvalue weighted by molar-refractivity contribution is 0.0945. The van der Waals surface area contributed by atoms with E-state index in [2.05, 4.69) is 21.5 Å². The normalized spacial score (nSPS) is 10.8. The highest BCUT2D eigenvalue weighted by molar-refractivity contribution is 6.04. The largest absolute Gasteiger partial charge is 0.439 e. The maximum absolute atomic E-state index is 12.8. The summed E-state index contributed by atoms with van der Waals surface area (Å²) in [5, 5.41) is 8.00. The molecule has 7 heteroatoms. The number of hydrogen-bond acceptors (Lipinski definition) is 5. The number of carbonyl (C=O) groups excluding carboxylic acids is 1. The Morgan fingerprint density at radius 2 is 1.74 bits per heavy atom. The fraction of sp³-hybridized carbons (Fsp3) is 0.167. The van der Waals surface area contributed by atoms with Crippen molar-refractivity contribution in [2.45, 2.75) is 20.4 Å². The molecule has 0 bridgehead atoms. The van der Waals surface area contributed by atoms with E-state index in [1.807, 2.05) is 26.0 Å². The molecule has 156 valence electrons. The highest BCUT2D eigenvalue weighted by Crippen LogP contribution is 2.23. The van der Waals surface area contributed by atoms with E-state index in [0.717, 1.165) is 16.7 Å². The molecule has 0 saturated heterocycles. The molecule has 0 spiro atoms. The SMILES string of the molecule is Cc1cc(C)cc(Oc2cc(CNC(=O)c3nn(C)c(=O)c4ccccc34)ccn2)c1. The highest BCUT2D eigenvalue weighted by Gasteiger charge is 2.15. The third kappa shape index (κ3) is 4.45. The minimum atomic E-state index is -0.361. The lowest BCUT2D eigenvalue weighted by Gasteiger charge is -2.10. The molecule has 1 amide bonds. The zero-order valence-corrected chi connectivity index (χ0v) is 17.5. The van der Waals surface area contributed by atoms with E-state index in [1.54, 1.807) is 42.6 Å². The van der Waals surface area contributed by atoms with Gasteiger partial charge in [-0.2, -0.15) is 5.10 Å². The van der Waals surface area contributed by atoms with Crippen LogP contribution in [0.4, 0.5) is 0 Å². The molecule has 31 heavy (non-hydrogen) atoms. The number of nitrogens with zero attached hydrogens (tertiary/aromatic N) is 3. The number of pyridine rings is 1. The number of nitrogens with one attached hydrogen (secondary N) is 1. The Labute approximate surface area is 179 Å². The molecule has 2 aromatic heterocycles. The van der Waals surface area contributed by atoms with Gasteiger partial charge in [0.2, 0.25) is 5.88 Å². The van der Waals surface area contributed by atoms with Crippen molar-refractivity contribution < 1.29 is 9.53 Å². The van der Waals surface area contributed by atoms with Crippen LogP contribution >= 0.6 is 0 Å². The van der Waals surface area contributed by atoms with Crippen LogP contribution in [0.25, 0.3) is 10.8 Å². The van der Waals surface area contributed by atoms with Gasteiger partial charge >= 0.3 is 0 Å². The van der Waals surface area contributed by atoms with Crippen LogP contribution < -0.4 is 15.6 Å². The van der Waals surface area contributed by atoms with Gasteiger partial charge in [-0.25, -0.2) is 9.67 Å². The van der Waals surface area contributed by atoms with E-state index < -0.39 is 0 Å². The summed E-state index contributed by atoms with van der Waals surface area (Å²) in [7, 11) is 1.53. The molecular formula is C24H22N4O3. The number of amides is 1. The summed E-state index contributed by atoms with van der Waals surface area (Å²) < 4.78 is 7.06. The number of ether oxygens (including phenoxy) is 1. The quantitative estimate of drug-likeness (QED) is 0.539. The van der Waals surface area contributed by atoms with Crippen molar-refractivity contribution in [3.8, 4) is 11.6 Å². The fourth-order valence-electron chi connectivity index (χ4n) is 3.46. The van der Waals surface area contributed by atoms with E-state index in [0.29, 0.717) is 22.4 Å². The second-order valence-electron chi connectivity index (χ2n) is 7.43. The summed E-state index contributed by atoms with van der Waals surface area (Å²) >= 11 is 0. The predicted octanol–water partition coefficient (Wildman–Crippen LogP) is 3.67. The molecule has 2 heterocycles. The van der Waals surface area contributed by atoms with Gasteiger partial charge in [0.1, 0.15) is 5.75 Å². The van der Waals surface area contributed by atoms with Gasteiger partial charge in [-0.3, -0.25) is 9.59 Å². The second-order valence-corrected chi connectivity index (χ2v) is 7.43. The van der Waals surface area contributed by atoms with Gasteiger partial charge in [0, 0.05) is 31.2 Å². The summed E-state index contributed by atoms with van der Waals surface area (Å²) in [6.07, 6.45) is 1.64. The van der Waals surface area contributed by atoms with Crippen LogP contribution in [0.1, 0.15) is 27.2 Å².